The average molecular weight is 248 g/mol. The maximum atomic E-state index is 8.87. The van der Waals surface area contributed by atoms with Gasteiger partial charge in [-0.2, -0.15) is 5.26 Å². The SMILES string of the molecule is CNCc1cnnn1-c1cc(C#N)ccc1Cl. The molecule has 0 atom stereocenters. The Labute approximate surface area is 104 Å². The van der Waals surface area contributed by atoms with Gasteiger partial charge in [0.1, 0.15) is 0 Å². The van der Waals surface area contributed by atoms with Crippen LogP contribution in [-0.4, -0.2) is 22.0 Å². The Kier molecular flexibility index (Phi) is 3.38. The van der Waals surface area contributed by atoms with Crippen LogP contribution in [0.4, 0.5) is 0 Å². The van der Waals surface area contributed by atoms with Gasteiger partial charge in [-0.15, -0.1) is 5.10 Å². The topological polar surface area (TPSA) is 66.5 Å². The molecule has 0 radical (unpaired) electrons. The van der Waals surface area contributed by atoms with E-state index in [0.29, 0.717) is 22.8 Å². The molecule has 1 aromatic heterocycles. The molecule has 0 bridgehead atoms. The minimum atomic E-state index is 0.534. The molecule has 0 aliphatic carbocycles. The summed E-state index contributed by atoms with van der Waals surface area (Å²) < 4.78 is 1.62. The highest BCUT2D eigenvalue weighted by Crippen LogP contribution is 2.22. The summed E-state index contributed by atoms with van der Waals surface area (Å²) in [5.74, 6) is 0. The number of benzene rings is 1. The second-order valence-corrected chi connectivity index (χ2v) is 3.85. The lowest BCUT2D eigenvalue weighted by atomic mass is 10.2. The third kappa shape index (κ3) is 2.28. The van der Waals surface area contributed by atoms with E-state index in [1.165, 1.54) is 0 Å². The van der Waals surface area contributed by atoms with Crippen LogP contribution in [0.3, 0.4) is 0 Å². The van der Waals surface area contributed by atoms with Gasteiger partial charge < -0.3 is 5.32 Å². The molecule has 0 aliphatic heterocycles. The Hall–Kier alpha value is -1.90. The second kappa shape index (κ2) is 4.95. The molecule has 0 fully saturated rings. The van der Waals surface area contributed by atoms with Crippen molar-refractivity contribution in [2.75, 3.05) is 7.05 Å². The molecule has 17 heavy (non-hydrogen) atoms. The first-order chi connectivity index (χ1) is 8.26. The van der Waals surface area contributed by atoms with Gasteiger partial charge in [-0.25, -0.2) is 4.68 Å². The number of hydrogen-bond donors (Lipinski definition) is 1. The molecule has 0 spiro atoms. The maximum absolute atomic E-state index is 8.87. The molecule has 1 aromatic carbocycles. The highest BCUT2D eigenvalue weighted by Gasteiger charge is 2.09. The molecule has 2 rings (SSSR count). The molecule has 1 N–H and O–H groups in total. The van der Waals surface area contributed by atoms with Crippen molar-refractivity contribution in [2.45, 2.75) is 6.54 Å². The van der Waals surface area contributed by atoms with Crippen LogP contribution >= 0.6 is 11.6 Å². The Morgan fingerprint density at radius 2 is 2.35 bits per heavy atom. The minimum absolute atomic E-state index is 0.534. The van der Waals surface area contributed by atoms with Crippen molar-refractivity contribution in [1.82, 2.24) is 20.3 Å². The van der Waals surface area contributed by atoms with E-state index < -0.39 is 0 Å². The van der Waals surface area contributed by atoms with E-state index >= 15 is 0 Å². The predicted octanol–water partition coefficient (Wildman–Crippen LogP) is 1.51. The summed E-state index contributed by atoms with van der Waals surface area (Å²) >= 11 is 6.10. The summed E-state index contributed by atoms with van der Waals surface area (Å²) in [4.78, 5) is 0. The fourth-order valence-corrected chi connectivity index (χ4v) is 1.70. The molecule has 0 saturated carbocycles. The normalized spacial score (nSPS) is 10.2. The number of nitriles is 1. The number of nitrogens with zero attached hydrogens (tertiary/aromatic N) is 4. The van der Waals surface area contributed by atoms with Crippen molar-refractivity contribution in [3.63, 3.8) is 0 Å². The van der Waals surface area contributed by atoms with Gasteiger partial charge in [-0.05, 0) is 25.2 Å². The third-order valence-electron chi connectivity index (χ3n) is 2.28. The third-order valence-corrected chi connectivity index (χ3v) is 2.60. The van der Waals surface area contributed by atoms with E-state index in [1.54, 1.807) is 29.1 Å². The van der Waals surface area contributed by atoms with Crippen LogP contribution in [0.15, 0.2) is 24.4 Å². The van der Waals surface area contributed by atoms with E-state index in [-0.39, 0.29) is 0 Å². The van der Waals surface area contributed by atoms with E-state index in [9.17, 15) is 0 Å². The Morgan fingerprint density at radius 3 is 3.06 bits per heavy atom. The lowest BCUT2D eigenvalue weighted by Crippen LogP contribution is -2.11. The highest BCUT2D eigenvalue weighted by molar-refractivity contribution is 6.32. The average Bonchev–Trinajstić information content (AvgIpc) is 2.78. The first kappa shape index (κ1) is 11.6. The van der Waals surface area contributed by atoms with Crippen LogP contribution in [0, 0.1) is 11.3 Å². The fourth-order valence-electron chi connectivity index (χ4n) is 1.51. The maximum Gasteiger partial charge on any atom is 0.0992 e. The van der Waals surface area contributed by atoms with Gasteiger partial charge in [-0.3, -0.25) is 0 Å². The van der Waals surface area contributed by atoms with E-state index in [2.05, 4.69) is 21.7 Å². The lowest BCUT2D eigenvalue weighted by molar-refractivity contribution is 0.714. The smallest absolute Gasteiger partial charge is 0.0992 e. The molecule has 6 heteroatoms. The standard InChI is InChI=1S/C11H10ClN5/c1-14-6-9-7-15-16-17(9)11-4-8(5-13)2-3-10(11)12/h2-4,7,14H,6H2,1H3. The van der Waals surface area contributed by atoms with Gasteiger partial charge in [0.05, 0.1) is 34.2 Å². The summed E-state index contributed by atoms with van der Waals surface area (Å²) in [5, 5.41) is 20.2. The molecule has 1 heterocycles. The fraction of sp³-hybridized carbons (Fsp3) is 0.182. The molecule has 0 amide bonds. The molecule has 0 aliphatic rings. The Morgan fingerprint density at radius 1 is 1.53 bits per heavy atom. The zero-order chi connectivity index (χ0) is 12.3. The summed E-state index contributed by atoms with van der Waals surface area (Å²) in [6, 6.07) is 7.11. The predicted molar refractivity (Wildman–Crippen MR) is 63.8 cm³/mol. The van der Waals surface area contributed by atoms with E-state index in [0.717, 1.165) is 5.69 Å². The van der Waals surface area contributed by atoms with Crippen LogP contribution < -0.4 is 5.32 Å². The number of nitrogens with one attached hydrogen (secondary N) is 1. The first-order valence-corrected chi connectivity index (χ1v) is 5.38. The number of aromatic nitrogens is 3. The number of rotatable bonds is 3. The zero-order valence-electron chi connectivity index (χ0n) is 9.18. The van der Waals surface area contributed by atoms with Gasteiger partial charge in [0.15, 0.2) is 0 Å². The molecule has 2 aromatic rings. The quantitative estimate of drug-likeness (QED) is 0.893. The van der Waals surface area contributed by atoms with Gasteiger partial charge in [0.2, 0.25) is 0 Å². The van der Waals surface area contributed by atoms with Crippen LogP contribution in [0.25, 0.3) is 5.69 Å². The Bertz CT molecular complexity index is 569. The first-order valence-electron chi connectivity index (χ1n) is 5.00. The molecular formula is C11H10ClN5. The monoisotopic (exact) mass is 247 g/mol. The van der Waals surface area contributed by atoms with Gasteiger partial charge in [0, 0.05) is 6.54 Å². The molecule has 0 unspecified atom stereocenters. The van der Waals surface area contributed by atoms with Crippen molar-refractivity contribution in [2.24, 2.45) is 0 Å². The lowest BCUT2D eigenvalue weighted by Gasteiger charge is -2.07. The molecule has 5 nitrogen and oxygen atoms in total. The second-order valence-electron chi connectivity index (χ2n) is 3.45. The van der Waals surface area contributed by atoms with Gasteiger partial charge in [0.25, 0.3) is 0 Å². The van der Waals surface area contributed by atoms with Crippen molar-refractivity contribution < 1.29 is 0 Å². The summed E-state index contributed by atoms with van der Waals surface area (Å²) in [7, 11) is 1.84. The van der Waals surface area contributed by atoms with Crippen LogP contribution in [0.5, 0.6) is 0 Å². The summed E-state index contributed by atoms with van der Waals surface area (Å²) in [5.41, 5.74) is 2.08. The van der Waals surface area contributed by atoms with Crippen molar-refractivity contribution >= 4 is 11.6 Å². The molecule has 0 saturated heterocycles. The van der Waals surface area contributed by atoms with E-state index in [1.807, 2.05) is 7.05 Å². The minimum Gasteiger partial charge on any atom is -0.314 e. The summed E-state index contributed by atoms with van der Waals surface area (Å²) in [6.45, 7) is 0.625. The molecular weight excluding hydrogens is 238 g/mol. The van der Waals surface area contributed by atoms with Crippen LogP contribution in [-0.2, 0) is 6.54 Å². The van der Waals surface area contributed by atoms with Crippen molar-refractivity contribution in [3.8, 4) is 11.8 Å². The number of halogens is 1. The van der Waals surface area contributed by atoms with Crippen LogP contribution in [0.2, 0.25) is 5.02 Å². The summed E-state index contributed by atoms with van der Waals surface area (Å²) in [6.07, 6.45) is 1.66. The van der Waals surface area contributed by atoms with E-state index in [4.69, 9.17) is 16.9 Å². The van der Waals surface area contributed by atoms with Crippen molar-refractivity contribution in [3.05, 3.63) is 40.7 Å². The highest BCUT2D eigenvalue weighted by atomic mass is 35.5. The van der Waals surface area contributed by atoms with Gasteiger partial charge in [-0.1, -0.05) is 16.8 Å². The van der Waals surface area contributed by atoms with Crippen LogP contribution in [0.1, 0.15) is 11.3 Å². The number of hydrogen-bond acceptors (Lipinski definition) is 4. The largest absolute Gasteiger partial charge is 0.314 e. The molecule has 86 valence electrons. The zero-order valence-corrected chi connectivity index (χ0v) is 9.94. The van der Waals surface area contributed by atoms with Gasteiger partial charge >= 0.3 is 0 Å². The Balaban J connectivity index is 2.52. The van der Waals surface area contributed by atoms with Crippen molar-refractivity contribution in [1.29, 1.82) is 5.26 Å².